The zero-order valence-electron chi connectivity index (χ0n) is 27.4. The van der Waals surface area contributed by atoms with Crippen LogP contribution in [-0.2, 0) is 19.1 Å². The molecule has 44 heavy (non-hydrogen) atoms. The van der Waals surface area contributed by atoms with E-state index in [9.17, 15) is 9.59 Å². The highest BCUT2D eigenvalue weighted by atomic mass is 19.1. The Labute approximate surface area is 263 Å². The molecule has 9 nitrogen and oxygen atoms in total. The van der Waals surface area contributed by atoms with Crippen molar-refractivity contribution in [2.75, 3.05) is 54.4 Å². The molecular weight excluding hydrogens is 561 g/mol. The van der Waals surface area contributed by atoms with Crippen LogP contribution in [0.25, 0.3) is 0 Å². The number of alkyl halides is 1. The molecule has 11 unspecified atom stereocenters. The number of Topliss-reactive ketones (excluding diaryl/α,β-unsaturated/α-hetero) is 1. The van der Waals surface area contributed by atoms with Crippen LogP contribution in [-0.4, -0.2) is 129 Å². The number of hydrogen-bond acceptors (Lipinski definition) is 8. The van der Waals surface area contributed by atoms with Gasteiger partial charge in [0.05, 0.1) is 48.1 Å². The summed E-state index contributed by atoms with van der Waals surface area (Å²) in [5, 5.41) is 6.53. The maximum absolute atomic E-state index is 16.1. The number of hydrogen-bond donors (Lipinski definition) is 2. The summed E-state index contributed by atoms with van der Waals surface area (Å²) in [5.74, 6) is -0.0929. The van der Waals surface area contributed by atoms with E-state index in [1.54, 1.807) is 0 Å². The predicted octanol–water partition coefficient (Wildman–Crippen LogP) is 2.74. The van der Waals surface area contributed by atoms with Crippen LogP contribution >= 0.6 is 0 Å². The van der Waals surface area contributed by atoms with E-state index in [-0.39, 0.29) is 48.0 Å². The number of carbonyl (C=O) groups excluding carboxylic acids is 2. The lowest BCUT2D eigenvalue weighted by Gasteiger charge is -2.60. The summed E-state index contributed by atoms with van der Waals surface area (Å²) < 4.78 is 29.7. The monoisotopic (exact) mass is 617 g/mol. The number of fused-ring (bicyclic) bond motifs is 5. The van der Waals surface area contributed by atoms with Gasteiger partial charge >= 0.3 is 0 Å². The number of unbranched alkanes of at least 4 members (excludes halogenated alkanes) is 2. The lowest BCUT2D eigenvalue weighted by Crippen LogP contribution is -2.73. The fraction of sp³-hybridized carbons (Fsp3) is 0.882. The van der Waals surface area contributed by atoms with Crippen molar-refractivity contribution in [1.82, 2.24) is 25.3 Å². The summed E-state index contributed by atoms with van der Waals surface area (Å²) >= 11 is 0. The third kappa shape index (κ3) is 6.61. The van der Waals surface area contributed by atoms with Crippen LogP contribution in [0.4, 0.5) is 4.39 Å². The largest absolute Gasteiger partial charge is 0.374 e. The van der Waals surface area contributed by atoms with Gasteiger partial charge in [-0.3, -0.25) is 9.59 Å². The van der Waals surface area contributed by atoms with Gasteiger partial charge in [-0.05, 0) is 117 Å². The molecule has 2 N–H and O–H groups in total. The van der Waals surface area contributed by atoms with Gasteiger partial charge in [-0.15, -0.1) is 0 Å². The van der Waals surface area contributed by atoms with Crippen molar-refractivity contribution >= 4 is 11.7 Å². The second-order valence-corrected chi connectivity index (χ2v) is 15.0. The molecule has 0 spiro atoms. The molecule has 0 aromatic heterocycles. The molecule has 0 bridgehead atoms. The zero-order valence-corrected chi connectivity index (χ0v) is 27.4. The minimum atomic E-state index is -1.21. The molecule has 3 saturated carbocycles. The normalized spacial score (nSPS) is 39.4. The van der Waals surface area contributed by atoms with Crippen LogP contribution in [0.2, 0.25) is 0 Å². The maximum Gasteiger partial charge on any atom is 0.256 e. The number of ether oxygens (including phenoxy) is 2. The summed E-state index contributed by atoms with van der Waals surface area (Å²) in [6.07, 6.45) is 11.2. The second kappa shape index (κ2) is 14.0. The van der Waals surface area contributed by atoms with Gasteiger partial charge in [-0.25, -0.2) is 4.39 Å². The summed E-state index contributed by atoms with van der Waals surface area (Å²) in [4.78, 5) is 33.9. The standard InChI is InChI=1S/C34H56FN5O4/c1-38(2)15-9-7-13-36-30-25(35)17-23-31-33(30)44-29-18-22-21-11-5-6-12-27(21)43-28(22)19-26(29)40(31)20-24(32(23)41)34(42)37-14-8-10-16-39(3)4/h20-23,25-31,33,36H,5-19H2,1-4H3,(H,37,42). The van der Waals surface area contributed by atoms with E-state index in [2.05, 4.69) is 39.4 Å². The first kappa shape index (κ1) is 32.4. The summed E-state index contributed by atoms with van der Waals surface area (Å²) in [6, 6.07) is -0.716. The van der Waals surface area contributed by atoms with Gasteiger partial charge in [0.1, 0.15) is 6.17 Å². The Morgan fingerprint density at radius 2 is 1.64 bits per heavy atom. The van der Waals surface area contributed by atoms with Crippen molar-refractivity contribution in [3.05, 3.63) is 11.8 Å². The van der Waals surface area contributed by atoms with Crippen molar-refractivity contribution in [2.24, 2.45) is 17.8 Å². The van der Waals surface area contributed by atoms with E-state index >= 15 is 4.39 Å². The molecule has 3 aliphatic heterocycles. The SMILES string of the molecule is CN(C)CCCCNC(=O)C1=CN2C3CC4OC5CCCCC5C4CC3OC3C(NCCCCN(C)C)C(F)CC(C1=O)C32. The number of morpholine rings is 1. The number of carbonyl (C=O) groups is 2. The number of ketones is 1. The number of rotatable bonds is 12. The van der Waals surface area contributed by atoms with Crippen LogP contribution in [0.5, 0.6) is 0 Å². The fourth-order valence-electron chi connectivity index (χ4n) is 9.30. The molecule has 3 aliphatic carbocycles. The van der Waals surface area contributed by atoms with E-state index in [0.717, 1.165) is 64.6 Å². The Morgan fingerprint density at radius 1 is 0.909 bits per heavy atom. The van der Waals surface area contributed by atoms with Gasteiger partial charge < -0.3 is 34.8 Å². The van der Waals surface area contributed by atoms with Gasteiger partial charge in [0.15, 0.2) is 5.78 Å². The van der Waals surface area contributed by atoms with E-state index in [0.29, 0.717) is 24.5 Å². The minimum Gasteiger partial charge on any atom is -0.374 e. The van der Waals surface area contributed by atoms with Gasteiger partial charge in [0, 0.05) is 18.7 Å². The van der Waals surface area contributed by atoms with Gasteiger partial charge in [0.25, 0.3) is 5.91 Å². The van der Waals surface area contributed by atoms with Gasteiger partial charge in [0.2, 0.25) is 0 Å². The molecule has 10 heteroatoms. The molecule has 0 aromatic carbocycles. The lowest BCUT2D eigenvalue weighted by atomic mass is 9.67. The highest BCUT2D eigenvalue weighted by Crippen LogP contribution is 2.52. The van der Waals surface area contributed by atoms with Crippen molar-refractivity contribution in [2.45, 2.75) is 119 Å². The van der Waals surface area contributed by atoms with Crippen LogP contribution < -0.4 is 10.6 Å². The van der Waals surface area contributed by atoms with Crippen molar-refractivity contribution in [1.29, 1.82) is 0 Å². The zero-order chi connectivity index (χ0) is 31.0. The van der Waals surface area contributed by atoms with E-state index in [4.69, 9.17) is 9.47 Å². The topological polar surface area (TPSA) is 86.4 Å². The average molecular weight is 618 g/mol. The average Bonchev–Trinajstić information content (AvgIpc) is 3.35. The lowest BCUT2D eigenvalue weighted by molar-refractivity contribution is -0.209. The summed E-state index contributed by atoms with van der Waals surface area (Å²) in [6.45, 7) is 3.20. The first-order chi connectivity index (χ1) is 21.2. The number of amides is 1. The molecule has 11 atom stereocenters. The van der Waals surface area contributed by atoms with E-state index < -0.39 is 24.2 Å². The molecule has 0 radical (unpaired) electrons. The number of nitrogens with one attached hydrogen (secondary N) is 2. The molecule has 248 valence electrons. The Morgan fingerprint density at radius 3 is 2.39 bits per heavy atom. The third-order valence-corrected chi connectivity index (χ3v) is 11.4. The summed E-state index contributed by atoms with van der Waals surface area (Å²) in [5.41, 5.74) is 0.184. The van der Waals surface area contributed by atoms with Gasteiger partial charge in [-0.2, -0.15) is 0 Å². The van der Waals surface area contributed by atoms with Gasteiger partial charge in [-0.1, -0.05) is 12.8 Å². The molecular formula is C34H56FN5O4. The maximum atomic E-state index is 16.1. The highest BCUT2D eigenvalue weighted by molar-refractivity contribution is 6.20. The quantitative estimate of drug-likeness (QED) is 0.256. The molecule has 3 heterocycles. The predicted molar refractivity (Wildman–Crippen MR) is 168 cm³/mol. The molecule has 6 rings (SSSR count). The molecule has 5 fully saturated rings. The second-order valence-electron chi connectivity index (χ2n) is 15.0. The molecule has 6 aliphatic rings. The Balaban J connectivity index is 1.23. The third-order valence-electron chi connectivity index (χ3n) is 11.4. The Kier molecular flexibility index (Phi) is 10.3. The molecule has 1 amide bonds. The first-order valence-electron chi connectivity index (χ1n) is 17.5. The van der Waals surface area contributed by atoms with Crippen molar-refractivity contribution in [3.8, 4) is 0 Å². The van der Waals surface area contributed by atoms with E-state index in [1.807, 2.05) is 20.3 Å². The van der Waals surface area contributed by atoms with Crippen molar-refractivity contribution < 1.29 is 23.5 Å². The smallest absolute Gasteiger partial charge is 0.256 e. The number of halogens is 1. The van der Waals surface area contributed by atoms with Crippen LogP contribution in [0, 0.1) is 17.8 Å². The number of nitrogens with zero attached hydrogens (tertiary/aromatic N) is 3. The Hall–Kier alpha value is -1.59. The molecule has 0 aromatic rings. The first-order valence-corrected chi connectivity index (χ1v) is 17.5. The molecule has 2 saturated heterocycles. The van der Waals surface area contributed by atoms with E-state index in [1.165, 1.54) is 19.3 Å². The fourth-order valence-corrected chi connectivity index (χ4v) is 9.30. The Bertz CT molecular complexity index is 1060. The minimum absolute atomic E-state index is 0.0213. The summed E-state index contributed by atoms with van der Waals surface area (Å²) in [7, 11) is 8.21. The highest BCUT2D eigenvalue weighted by Gasteiger charge is 2.61. The van der Waals surface area contributed by atoms with Crippen molar-refractivity contribution in [3.63, 3.8) is 0 Å². The van der Waals surface area contributed by atoms with Crippen LogP contribution in [0.1, 0.15) is 70.6 Å². The van der Waals surface area contributed by atoms with Crippen LogP contribution in [0.3, 0.4) is 0 Å². The van der Waals surface area contributed by atoms with Crippen LogP contribution in [0.15, 0.2) is 11.8 Å².